The van der Waals surface area contributed by atoms with Crippen LogP contribution in [-0.4, -0.2) is 10.9 Å². The lowest BCUT2D eigenvalue weighted by Gasteiger charge is -2.21. The maximum Gasteiger partial charge on any atom is 0.233 e. The highest BCUT2D eigenvalue weighted by atomic mass is 32.1. The van der Waals surface area contributed by atoms with Crippen LogP contribution in [0.25, 0.3) is 10.2 Å². The molecule has 0 aliphatic rings. The van der Waals surface area contributed by atoms with Crippen LogP contribution in [-0.2, 0) is 17.8 Å². The van der Waals surface area contributed by atoms with Crippen LogP contribution < -0.4 is 4.90 Å². The number of hydrogen-bond acceptors (Lipinski definition) is 3. The molecule has 0 aliphatic heterocycles. The summed E-state index contributed by atoms with van der Waals surface area (Å²) in [5.74, 6) is 0.0688. The van der Waals surface area contributed by atoms with E-state index in [-0.39, 0.29) is 5.91 Å². The maximum atomic E-state index is 13.4. The summed E-state index contributed by atoms with van der Waals surface area (Å²) in [6.07, 6.45) is 0.370. The van der Waals surface area contributed by atoms with Gasteiger partial charge < -0.3 is 0 Å². The van der Waals surface area contributed by atoms with Crippen LogP contribution in [0.4, 0.5) is 5.13 Å². The summed E-state index contributed by atoms with van der Waals surface area (Å²) >= 11 is 1.58. The van der Waals surface area contributed by atoms with E-state index in [4.69, 9.17) is 4.98 Å². The fourth-order valence-electron chi connectivity index (χ4n) is 3.47. The van der Waals surface area contributed by atoms with Crippen molar-refractivity contribution in [3.05, 3.63) is 94.5 Å². The summed E-state index contributed by atoms with van der Waals surface area (Å²) in [6.45, 7) is 6.70. The van der Waals surface area contributed by atoms with Crippen molar-refractivity contribution in [1.29, 1.82) is 0 Å². The number of carbonyl (C=O) groups excluding carboxylic acids is 1. The number of nitrogens with zero attached hydrogens (tertiary/aromatic N) is 2. The number of amides is 1. The Morgan fingerprint density at radius 1 is 0.931 bits per heavy atom. The molecule has 1 amide bonds. The highest BCUT2D eigenvalue weighted by molar-refractivity contribution is 7.22. The van der Waals surface area contributed by atoms with E-state index in [2.05, 4.69) is 63.2 Å². The van der Waals surface area contributed by atoms with Crippen LogP contribution in [0.1, 0.15) is 27.8 Å². The minimum atomic E-state index is 0.0688. The van der Waals surface area contributed by atoms with Crippen LogP contribution in [0.15, 0.2) is 66.7 Å². The van der Waals surface area contributed by atoms with Gasteiger partial charge in [-0.15, -0.1) is 0 Å². The fourth-order valence-corrected chi connectivity index (χ4v) is 4.53. The molecule has 0 radical (unpaired) electrons. The largest absolute Gasteiger partial charge is 0.283 e. The Bertz CT molecular complexity index is 1160. The third-order valence-electron chi connectivity index (χ3n) is 5.17. The number of para-hydroxylation sites is 1. The van der Waals surface area contributed by atoms with Gasteiger partial charge in [-0.1, -0.05) is 77.6 Å². The lowest BCUT2D eigenvalue weighted by atomic mass is 10.0. The molecular formula is C25H24N2OS. The van der Waals surface area contributed by atoms with Crippen LogP contribution in [0.5, 0.6) is 0 Å². The predicted octanol–water partition coefficient (Wildman–Crippen LogP) is 6.00. The van der Waals surface area contributed by atoms with E-state index in [1.54, 1.807) is 11.3 Å². The summed E-state index contributed by atoms with van der Waals surface area (Å²) in [4.78, 5) is 20.1. The molecular weight excluding hydrogens is 376 g/mol. The lowest BCUT2D eigenvalue weighted by molar-refractivity contribution is -0.118. The Morgan fingerprint density at radius 3 is 2.48 bits per heavy atom. The Labute approximate surface area is 175 Å². The molecule has 0 fully saturated rings. The molecule has 0 spiro atoms. The molecule has 4 rings (SSSR count). The number of hydrogen-bond donors (Lipinski definition) is 0. The Morgan fingerprint density at radius 2 is 1.72 bits per heavy atom. The van der Waals surface area contributed by atoms with Crippen LogP contribution in [0.3, 0.4) is 0 Å². The second-order valence-electron chi connectivity index (χ2n) is 7.49. The second kappa shape index (κ2) is 8.18. The van der Waals surface area contributed by atoms with Gasteiger partial charge in [-0.2, -0.15) is 0 Å². The van der Waals surface area contributed by atoms with Gasteiger partial charge in [0.2, 0.25) is 5.91 Å². The smallest absolute Gasteiger partial charge is 0.233 e. The van der Waals surface area contributed by atoms with Gasteiger partial charge in [0.15, 0.2) is 5.13 Å². The van der Waals surface area contributed by atoms with E-state index in [0.29, 0.717) is 13.0 Å². The van der Waals surface area contributed by atoms with Crippen molar-refractivity contribution >= 4 is 32.6 Å². The summed E-state index contributed by atoms with van der Waals surface area (Å²) in [5.41, 5.74) is 6.59. The first-order valence-corrected chi connectivity index (χ1v) is 10.6. The molecule has 0 saturated carbocycles. The van der Waals surface area contributed by atoms with Crippen molar-refractivity contribution in [3.8, 4) is 0 Å². The molecule has 3 nitrogen and oxygen atoms in total. The summed E-state index contributed by atoms with van der Waals surface area (Å²) < 4.78 is 1.11. The van der Waals surface area contributed by atoms with Gasteiger partial charge in [0, 0.05) is 0 Å². The first kappa shape index (κ1) is 19.3. The molecule has 4 heteroatoms. The fraction of sp³-hybridized carbons (Fsp3) is 0.200. The zero-order valence-corrected chi connectivity index (χ0v) is 17.8. The third kappa shape index (κ3) is 4.22. The normalized spacial score (nSPS) is 11.0. The Kier molecular flexibility index (Phi) is 5.45. The van der Waals surface area contributed by atoms with Crippen LogP contribution >= 0.6 is 11.3 Å². The molecule has 4 aromatic rings. The molecule has 0 atom stereocenters. The number of carbonyl (C=O) groups is 1. The zero-order valence-electron chi connectivity index (χ0n) is 17.0. The van der Waals surface area contributed by atoms with E-state index >= 15 is 0 Å². The summed E-state index contributed by atoms with van der Waals surface area (Å²) in [7, 11) is 0. The second-order valence-corrected chi connectivity index (χ2v) is 8.50. The molecule has 0 saturated heterocycles. The van der Waals surface area contributed by atoms with E-state index in [1.165, 1.54) is 5.56 Å². The highest BCUT2D eigenvalue weighted by Crippen LogP contribution is 2.32. The van der Waals surface area contributed by atoms with Crippen LogP contribution in [0.2, 0.25) is 0 Å². The van der Waals surface area contributed by atoms with Gasteiger partial charge in [0.25, 0.3) is 0 Å². The van der Waals surface area contributed by atoms with E-state index in [0.717, 1.165) is 37.6 Å². The van der Waals surface area contributed by atoms with Crippen molar-refractivity contribution < 1.29 is 4.79 Å². The lowest BCUT2D eigenvalue weighted by Crippen LogP contribution is -2.32. The summed E-state index contributed by atoms with van der Waals surface area (Å²) in [6, 6.07) is 22.6. The molecule has 1 aromatic heterocycles. The number of benzene rings is 3. The van der Waals surface area contributed by atoms with Gasteiger partial charge in [0.05, 0.1) is 23.2 Å². The van der Waals surface area contributed by atoms with Crippen molar-refractivity contribution in [1.82, 2.24) is 4.98 Å². The topological polar surface area (TPSA) is 33.2 Å². The van der Waals surface area contributed by atoms with Crippen LogP contribution in [0, 0.1) is 20.8 Å². The predicted molar refractivity (Wildman–Crippen MR) is 122 cm³/mol. The van der Waals surface area contributed by atoms with Gasteiger partial charge in [-0.25, -0.2) is 4.98 Å². The van der Waals surface area contributed by atoms with Gasteiger partial charge in [0.1, 0.15) is 0 Å². The number of anilines is 1. The number of aryl methyl sites for hydroxylation is 3. The van der Waals surface area contributed by atoms with E-state index in [9.17, 15) is 4.79 Å². The Balaban J connectivity index is 1.72. The average molecular weight is 401 g/mol. The minimum Gasteiger partial charge on any atom is -0.283 e. The quantitative estimate of drug-likeness (QED) is 0.412. The number of fused-ring (bicyclic) bond motifs is 1. The molecule has 0 unspecified atom stereocenters. The molecule has 146 valence electrons. The molecule has 29 heavy (non-hydrogen) atoms. The first-order valence-electron chi connectivity index (χ1n) is 9.78. The average Bonchev–Trinajstić information content (AvgIpc) is 3.15. The number of rotatable bonds is 5. The van der Waals surface area contributed by atoms with Gasteiger partial charge in [-0.3, -0.25) is 9.69 Å². The number of aromatic nitrogens is 1. The number of thiazole rings is 1. The van der Waals surface area contributed by atoms with Crippen molar-refractivity contribution in [2.45, 2.75) is 33.7 Å². The van der Waals surface area contributed by atoms with Crippen molar-refractivity contribution in [2.75, 3.05) is 4.90 Å². The Hall–Kier alpha value is -2.98. The first-order chi connectivity index (χ1) is 14.0. The summed E-state index contributed by atoms with van der Waals surface area (Å²) in [5, 5.41) is 0.758. The minimum absolute atomic E-state index is 0.0688. The van der Waals surface area contributed by atoms with E-state index in [1.807, 2.05) is 29.2 Å². The van der Waals surface area contributed by atoms with Crippen molar-refractivity contribution in [2.24, 2.45) is 0 Å². The molecule has 0 bridgehead atoms. The molecule has 3 aromatic carbocycles. The SMILES string of the molecule is Cc1ccc(C)c(CC(=O)N(Cc2ccccc2)c2nc3c(C)cccc3s2)c1. The molecule has 0 N–H and O–H groups in total. The monoisotopic (exact) mass is 400 g/mol. The van der Waals surface area contributed by atoms with E-state index < -0.39 is 0 Å². The third-order valence-corrected chi connectivity index (χ3v) is 6.21. The molecule has 1 heterocycles. The van der Waals surface area contributed by atoms with Crippen molar-refractivity contribution in [3.63, 3.8) is 0 Å². The standard InChI is InChI=1S/C25H24N2OS/c1-17-12-13-18(2)21(14-17)15-23(28)27(16-20-9-5-4-6-10-20)25-26-24-19(3)8-7-11-22(24)29-25/h4-14H,15-16H2,1-3H3. The van der Waals surface area contributed by atoms with Gasteiger partial charge in [-0.05, 0) is 49.1 Å². The maximum absolute atomic E-state index is 13.4. The molecule has 0 aliphatic carbocycles. The zero-order chi connectivity index (χ0) is 20.4. The highest BCUT2D eigenvalue weighted by Gasteiger charge is 2.21. The van der Waals surface area contributed by atoms with Gasteiger partial charge >= 0.3 is 0 Å².